The summed E-state index contributed by atoms with van der Waals surface area (Å²) in [5.41, 5.74) is 9.58. The van der Waals surface area contributed by atoms with Gasteiger partial charge in [-0.3, -0.25) is 0 Å². The highest BCUT2D eigenvalue weighted by Gasteiger charge is 2.11. The number of benzene rings is 4. The molecule has 4 aromatic rings. The fraction of sp³-hybridized carbons (Fsp3) is 0.0667. The van der Waals surface area contributed by atoms with Crippen LogP contribution in [0.5, 0.6) is 0 Å². The van der Waals surface area contributed by atoms with E-state index in [9.17, 15) is 0 Å². The van der Waals surface area contributed by atoms with Gasteiger partial charge in [-0.15, -0.1) is 0 Å². The molecule has 4 aromatic carbocycles. The molecule has 0 saturated carbocycles. The van der Waals surface area contributed by atoms with Crippen molar-refractivity contribution in [2.45, 2.75) is 12.8 Å². The summed E-state index contributed by atoms with van der Waals surface area (Å²) in [5.74, 6) is 0. The summed E-state index contributed by atoms with van der Waals surface area (Å²) in [6, 6.07) is 34.2. The van der Waals surface area contributed by atoms with E-state index in [0.29, 0.717) is 0 Å². The smallest absolute Gasteiger partial charge is 0.0418 e. The highest BCUT2D eigenvalue weighted by atomic mass is 35.5. The Bertz CT molecular complexity index is 1260. The lowest BCUT2D eigenvalue weighted by molar-refractivity contribution is 1.04. The second-order valence-electron chi connectivity index (χ2n) is 7.90. The maximum Gasteiger partial charge on any atom is 0.0418 e. The van der Waals surface area contributed by atoms with E-state index in [4.69, 9.17) is 11.6 Å². The molecule has 1 aliphatic carbocycles. The van der Waals surface area contributed by atoms with Crippen LogP contribution < -0.4 is 0 Å². The molecule has 0 N–H and O–H groups in total. The molecule has 5 rings (SSSR count). The van der Waals surface area contributed by atoms with Crippen LogP contribution >= 0.6 is 11.6 Å². The van der Waals surface area contributed by atoms with Crippen LogP contribution in [-0.2, 0) is 0 Å². The lowest BCUT2D eigenvalue weighted by atomic mass is 9.90. The molecule has 0 aromatic heterocycles. The summed E-state index contributed by atoms with van der Waals surface area (Å²) in [5, 5.41) is 0.750. The first-order valence-electron chi connectivity index (χ1n) is 10.7. The van der Waals surface area contributed by atoms with Gasteiger partial charge >= 0.3 is 0 Å². The molecule has 0 radical (unpaired) electrons. The average molecular weight is 419 g/mol. The van der Waals surface area contributed by atoms with Crippen LogP contribution in [0.3, 0.4) is 0 Å². The average Bonchev–Trinajstić information content (AvgIpc) is 2.85. The Morgan fingerprint density at radius 3 is 1.52 bits per heavy atom. The summed E-state index contributed by atoms with van der Waals surface area (Å²) in [4.78, 5) is 0. The van der Waals surface area contributed by atoms with Crippen LogP contribution in [0.25, 0.3) is 39.0 Å². The predicted octanol–water partition coefficient (Wildman–Crippen LogP) is 9.07. The first-order valence-corrected chi connectivity index (χ1v) is 11.1. The minimum absolute atomic E-state index is 0.750. The summed E-state index contributed by atoms with van der Waals surface area (Å²) in [6.07, 6.45) is 9.04. The van der Waals surface area contributed by atoms with Gasteiger partial charge in [-0.1, -0.05) is 90.5 Å². The van der Waals surface area contributed by atoms with Crippen molar-refractivity contribution in [2.75, 3.05) is 0 Å². The molecule has 31 heavy (non-hydrogen) atoms. The zero-order valence-electron chi connectivity index (χ0n) is 17.3. The standard InChI is InChI=1S/C30H23Cl/c31-30-20-28(24-14-8-3-9-15-24)19-29(21-30)27-17-25(22-10-4-1-5-11-22)16-26(18-27)23-12-6-2-7-13-23/h1,3-6,8-21H,2,7H2. The zero-order valence-corrected chi connectivity index (χ0v) is 18.0. The van der Waals surface area contributed by atoms with Crippen molar-refractivity contribution in [3.8, 4) is 33.4 Å². The molecule has 0 unspecified atom stereocenters. The molecule has 0 bridgehead atoms. The van der Waals surface area contributed by atoms with Crippen LogP contribution in [-0.4, -0.2) is 0 Å². The Hall–Kier alpha value is -3.35. The molecule has 0 amide bonds. The van der Waals surface area contributed by atoms with Crippen molar-refractivity contribution >= 4 is 17.2 Å². The van der Waals surface area contributed by atoms with Gasteiger partial charge in [0, 0.05) is 5.02 Å². The largest absolute Gasteiger partial charge is 0.0843 e. The zero-order chi connectivity index (χ0) is 21.0. The molecule has 0 spiro atoms. The highest BCUT2D eigenvalue weighted by Crippen LogP contribution is 2.35. The van der Waals surface area contributed by atoms with Gasteiger partial charge in [0.25, 0.3) is 0 Å². The van der Waals surface area contributed by atoms with Gasteiger partial charge in [-0.2, -0.15) is 0 Å². The lowest BCUT2D eigenvalue weighted by Gasteiger charge is -2.14. The monoisotopic (exact) mass is 418 g/mol. The Balaban J connectivity index is 1.68. The number of allylic oxidation sites excluding steroid dienone is 4. The third kappa shape index (κ3) is 4.40. The minimum Gasteiger partial charge on any atom is -0.0843 e. The van der Waals surface area contributed by atoms with Gasteiger partial charge in [0.1, 0.15) is 0 Å². The van der Waals surface area contributed by atoms with Crippen LogP contribution in [0.1, 0.15) is 18.4 Å². The normalized spacial score (nSPS) is 13.1. The first-order chi connectivity index (χ1) is 15.3. The number of halogens is 1. The van der Waals surface area contributed by atoms with Gasteiger partial charge < -0.3 is 0 Å². The maximum absolute atomic E-state index is 6.57. The van der Waals surface area contributed by atoms with E-state index in [1.54, 1.807) is 0 Å². The van der Waals surface area contributed by atoms with Crippen molar-refractivity contribution in [3.63, 3.8) is 0 Å². The van der Waals surface area contributed by atoms with Crippen LogP contribution in [0, 0.1) is 0 Å². The molecular weight excluding hydrogens is 396 g/mol. The van der Waals surface area contributed by atoms with E-state index >= 15 is 0 Å². The van der Waals surface area contributed by atoms with Crippen molar-refractivity contribution in [3.05, 3.63) is 126 Å². The molecule has 0 aliphatic heterocycles. The minimum atomic E-state index is 0.750. The Kier molecular flexibility index (Phi) is 5.56. The second kappa shape index (κ2) is 8.79. The quantitative estimate of drug-likeness (QED) is 0.310. The van der Waals surface area contributed by atoms with E-state index in [1.165, 1.54) is 33.4 Å². The van der Waals surface area contributed by atoms with Crippen LogP contribution in [0.4, 0.5) is 0 Å². The number of rotatable bonds is 4. The fourth-order valence-corrected chi connectivity index (χ4v) is 4.37. The van der Waals surface area contributed by atoms with Crippen molar-refractivity contribution < 1.29 is 0 Å². The molecule has 0 atom stereocenters. The van der Waals surface area contributed by atoms with Crippen molar-refractivity contribution in [1.82, 2.24) is 0 Å². The summed E-state index contributed by atoms with van der Waals surface area (Å²) in [7, 11) is 0. The predicted molar refractivity (Wildman–Crippen MR) is 134 cm³/mol. The topological polar surface area (TPSA) is 0 Å². The highest BCUT2D eigenvalue weighted by molar-refractivity contribution is 6.31. The number of hydrogen-bond donors (Lipinski definition) is 0. The van der Waals surface area contributed by atoms with Gasteiger partial charge in [-0.25, -0.2) is 0 Å². The van der Waals surface area contributed by atoms with Crippen molar-refractivity contribution in [1.29, 1.82) is 0 Å². The molecule has 1 aliphatic rings. The summed E-state index contributed by atoms with van der Waals surface area (Å²) >= 11 is 6.57. The third-order valence-electron chi connectivity index (χ3n) is 5.71. The van der Waals surface area contributed by atoms with E-state index in [0.717, 1.165) is 29.0 Å². The van der Waals surface area contributed by atoms with Crippen LogP contribution in [0.2, 0.25) is 5.02 Å². The Morgan fingerprint density at radius 2 is 0.968 bits per heavy atom. The molecule has 0 heterocycles. The van der Waals surface area contributed by atoms with E-state index in [2.05, 4.69) is 103 Å². The first kappa shape index (κ1) is 19.6. The molecular formula is C30H23Cl. The number of hydrogen-bond acceptors (Lipinski definition) is 0. The molecule has 0 saturated heterocycles. The fourth-order valence-electron chi connectivity index (χ4n) is 4.14. The molecule has 150 valence electrons. The van der Waals surface area contributed by atoms with Crippen LogP contribution in [0.15, 0.2) is 115 Å². The Labute approximate surface area is 189 Å². The van der Waals surface area contributed by atoms with E-state index in [1.807, 2.05) is 12.1 Å². The van der Waals surface area contributed by atoms with Crippen molar-refractivity contribution in [2.24, 2.45) is 0 Å². The van der Waals surface area contributed by atoms with Gasteiger partial charge in [0.15, 0.2) is 0 Å². The summed E-state index contributed by atoms with van der Waals surface area (Å²) in [6.45, 7) is 0. The molecule has 1 heteroatoms. The van der Waals surface area contributed by atoms with E-state index < -0.39 is 0 Å². The lowest BCUT2D eigenvalue weighted by Crippen LogP contribution is -1.91. The summed E-state index contributed by atoms with van der Waals surface area (Å²) < 4.78 is 0. The molecule has 0 nitrogen and oxygen atoms in total. The van der Waals surface area contributed by atoms with Gasteiger partial charge in [0.05, 0.1) is 0 Å². The second-order valence-corrected chi connectivity index (χ2v) is 8.34. The third-order valence-corrected chi connectivity index (χ3v) is 5.92. The van der Waals surface area contributed by atoms with Gasteiger partial charge in [-0.05, 0) is 93.8 Å². The molecule has 0 fully saturated rings. The van der Waals surface area contributed by atoms with E-state index in [-0.39, 0.29) is 0 Å². The maximum atomic E-state index is 6.57. The van der Waals surface area contributed by atoms with Gasteiger partial charge in [0.2, 0.25) is 0 Å². The Morgan fingerprint density at radius 1 is 0.484 bits per heavy atom. The SMILES string of the molecule is Clc1cc(-c2ccccc2)cc(-c2cc(C3=CCCC=C3)cc(-c3ccccc3)c2)c1.